The topological polar surface area (TPSA) is 215 Å². The SMILES string of the molecule is CCC(C)(COC(=O)CP(=O)(O)O)OC(=O)CCOCCOC(=O)NP(=O)(O)O. The Labute approximate surface area is 166 Å². The molecular formula is C13H25NO13P2. The van der Waals surface area contributed by atoms with Gasteiger partial charge in [0.05, 0.1) is 19.6 Å². The van der Waals surface area contributed by atoms with E-state index in [4.69, 9.17) is 33.8 Å². The lowest BCUT2D eigenvalue weighted by Crippen LogP contribution is -2.37. The van der Waals surface area contributed by atoms with Crippen LogP contribution in [-0.4, -0.2) is 75.8 Å². The molecule has 0 aliphatic rings. The van der Waals surface area contributed by atoms with Gasteiger partial charge in [0.25, 0.3) is 0 Å². The van der Waals surface area contributed by atoms with Crippen molar-refractivity contribution in [2.24, 2.45) is 0 Å². The van der Waals surface area contributed by atoms with Crippen LogP contribution in [0, 0.1) is 0 Å². The van der Waals surface area contributed by atoms with Gasteiger partial charge in [-0.3, -0.25) is 14.2 Å². The van der Waals surface area contributed by atoms with Crippen molar-refractivity contribution in [3.63, 3.8) is 0 Å². The summed E-state index contributed by atoms with van der Waals surface area (Å²) in [5, 5.41) is 1.29. The van der Waals surface area contributed by atoms with Crippen molar-refractivity contribution in [3.05, 3.63) is 0 Å². The van der Waals surface area contributed by atoms with Gasteiger partial charge in [-0.25, -0.2) is 14.4 Å². The van der Waals surface area contributed by atoms with Crippen molar-refractivity contribution in [2.45, 2.75) is 32.3 Å². The van der Waals surface area contributed by atoms with Crippen LogP contribution in [0.3, 0.4) is 0 Å². The van der Waals surface area contributed by atoms with E-state index in [1.54, 1.807) is 6.92 Å². The van der Waals surface area contributed by atoms with Gasteiger partial charge in [0.1, 0.15) is 25.0 Å². The molecule has 1 amide bonds. The van der Waals surface area contributed by atoms with Crippen LogP contribution in [-0.2, 0) is 37.7 Å². The molecule has 170 valence electrons. The summed E-state index contributed by atoms with van der Waals surface area (Å²) in [6, 6.07) is 0. The highest BCUT2D eigenvalue weighted by Gasteiger charge is 2.30. The van der Waals surface area contributed by atoms with Crippen molar-refractivity contribution in [2.75, 3.05) is 32.6 Å². The summed E-state index contributed by atoms with van der Waals surface area (Å²) in [5.41, 5.74) is -1.20. The van der Waals surface area contributed by atoms with Crippen LogP contribution in [0.25, 0.3) is 0 Å². The summed E-state index contributed by atoms with van der Waals surface area (Å²) in [7, 11) is -9.29. The van der Waals surface area contributed by atoms with E-state index < -0.39 is 51.7 Å². The molecule has 14 nitrogen and oxygen atoms in total. The molecule has 0 spiro atoms. The molecular weight excluding hydrogens is 440 g/mol. The Hall–Kier alpha value is -1.53. The molecule has 16 heteroatoms. The number of carbonyl (C=O) groups excluding carboxylic acids is 3. The van der Waals surface area contributed by atoms with Crippen molar-refractivity contribution < 1.29 is 62.0 Å². The minimum Gasteiger partial charge on any atom is -0.461 e. The van der Waals surface area contributed by atoms with Gasteiger partial charge in [-0.2, -0.15) is 0 Å². The van der Waals surface area contributed by atoms with Gasteiger partial charge in [0, 0.05) is 0 Å². The van der Waals surface area contributed by atoms with E-state index in [1.165, 1.54) is 12.0 Å². The summed E-state index contributed by atoms with van der Waals surface area (Å²) < 4.78 is 40.6. The number of carbonyl (C=O) groups is 3. The smallest absolute Gasteiger partial charge is 0.432 e. The minimum atomic E-state index is -4.74. The molecule has 0 aliphatic heterocycles. The molecule has 5 N–H and O–H groups in total. The van der Waals surface area contributed by atoms with E-state index in [0.29, 0.717) is 0 Å². The van der Waals surface area contributed by atoms with E-state index >= 15 is 0 Å². The fourth-order valence-electron chi connectivity index (χ4n) is 1.58. The third kappa shape index (κ3) is 16.0. The van der Waals surface area contributed by atoms with Gasteiger partial charge >= 0.3 is 33.4 Å². The first-order valence-corrected chi connectivity index (χ1v) is 11.6. The molecule has 0 aromatic heterocycles. The standard InChI is InChI=1S/C13H25NO13P2/c1-3-13(2,9-26-11(16)8-28(18,19)20)27-10(15)4-5-24-6-7-25-12(17)14-29(21,22)23/h3-9H2,1-2H3,(H2,18,19,20)(H3,14,17,21,22,23). The second-order valence-corrected chi connectivity index (χ2v) is 8.87. The lowest BCUT2D eigenvalue weighted by Gasteiger charge is -2.27. The van der Waals surface area contributed by atoms with Crippen molar-refractivity contribution in [1.82, 2.24) is 5.09 Å². The van der Waals surface area contributed by atoms with E-state index in [9.17, 15) is 23.5 Å². The lowest BCUT2D eigenvalue weighted by atomic mass is 10.1. The Morgan fingerprint density at radius 1 is 0.966 bits per heavy atom. The minimum absolute atomic E-state index is 0.111. The maximum absolute atomic E-state index is 11.8. The van der Waals surface area contributed by atoms with Crippen LogP contribution >= 0.6 is 15.3 Å². The van der Waals surface area contributed by atoms with E-state index in [2.05, 4.69) is 4.74 Å². The van der Waals surface area contributed by atoms with Crippen LogP contribution < -0.4 is 5.09 Å². The maximum Gasteiger partial charge on any atom is 0.432 e. The third-order valence-electron chi connectivity index (χ3n) is 3.13. The van der Waals surface area contributed by atoms with Gasteiger partial charge in [-0.15, -0.1) is 0 Å². The Balaban J connectivity index is 4.11. The fourth-order valence-corrected chi connectivity index (χ4v) is 2.31. The molecule has 0 heterocycles. The zero-order valence-corrected chi connectivity index (χ0v) is 17.6. The Kier molecular flexibility index (Phi) is 11.6. The van der Waals surface area contributed by atoms with E-state index in [0.717, 1.165) is 0 Å². The van der Waals surface area contributed by atoms with Gasteiger partial charge in [-0.1, -0.05) is 6.92 Å². The average molecular weight is 465 g/mol. The molecule has 0 aromatic rings. The number of esters is 2. The highest BCUT2D eigenvalue weighted by atomic mass is 31.2. The van der Waals surface area contributed by atoms with Crippen LogP contribution in [0.2, 0.25) is 0 Å². The van der Waals surface area contributed by atoms with Crippen LogP contribution in [0.15, 0.2) is 0 Å². The first-order valence-electron chi connectivity index (χ1n) is 8.16. The fraction of sp³-hybridized carbons (Fsp3) is 0.769. The Morgan fingerprint density at radius 2 is 1.59 bits per heavy atom. The number of hydrogen-bond donors (Lipinski definition) is 5. The number of ether oxygens (including phenoxy) is 4. The monoisotopic (exact) mass is 465 g/mol. The summed E-state index contributed by atoms with van der Waals surface area (Å²) >= 11 is 0. The summed E-state index contributed by atoms with van der Waals surface area (Å²) in [6.07, 6.45) is -2.34. The Morgan fingerprint density at radius 3 is 2.10 bits per heavy atom. The lowest BCUT2D eigenvalue weighted by molar-refractivity contribution is -0.171. The zero-order valence-electron chi connectivity index (χ0n) is 15.8. The van der Waals surface area contributed by atoms with Crippen molar-refractivity contribution in [1.29, 1.82) is 0 Å². The average Bonchev–Trinajstić information content (AvgIpc) is 2.53. The first kappa shape index (κ1) is 27.5. The summed E-state index contributed by atoms with van der Waals surface area (Å²) in [4.78, 5) is 68.5. The van der Waals surface area contributed by atoms with Crippen LogP contribution in [0.5, 0.6) is 0 Å². The largest absolute Gasteiger partial charge is 0.461 e. The number of hydrogen-bond acceptors (Lipinski definition) is 9. The number of rotatable bonds is 13. The van der Waals surface area contributed by atoms with Crippen LogP contribution in [0.4, 0.5) is 4.79 Å². The molecule has 0 radical (unpaired) electrons. The molecule has 0 saturated carbocycles. The Bertz CT molecular complexity index is 657. The van der Waals surface area contributed by atoms with Crippen molar-refractivity contribution >= 4 is 33.4 Å². The van der Waals surface area contributed by atoms with Crippen molar-refractivity contribution in [3.8, 4) is 0 Å². The normalized spacial score (nSPS) is 13.9. The molecule has 0 bridgehead atoms. The predicted octanol–water partition coefficient (Wildman–Crippen LogP) is -0.355. The predicted molar refractivity (Wildman–Crippen MR) is 94.6 cm³/mol. The maximum atomic E-state index is 11.8. The summed E-state index contributed by atoms with van der Waals surface area (Å²) in [6.45, 7) is 2.16. The van der Waals surface area contributed by atoms with Crippen LogP contribution in [0.1, 0.15) is 26.7 Å². The summed E-state index contributed by atoms with van der Waals surface area (Å²) in [5.74, 6) is -1.82. The third-order valence-corrected chi connectivity index (χ3v) is 4.27. The van der Waals surface area contributed by atoms with Gasteiger partial charge < -0.3 is 38.5 Å². The number of nitrogens with one attached hydrogen (secondary N) is 1. The van der Waals surface area contributed by atoms with E-state index in [1.807, 2.05) is 0 Å². The molecule has 1 unspecified atom stereocenters. The van der Waals surface area contributed by atoms with Gasteiger partial charge in [-0.05, 0) is 13.3 Å². The molecule has 0 aromatic carbocycles. The highest BCUT2D eigenvalue weighted by molar-refractivity contribution is 7.52. The first-order chi connectivity index (χ1) is 13.2. The highest BCUT2D eigenvalue weighted by Crippen LogP contribution is 2.34. The van der Waals surface area contributed by atoms with Gasteiger partial charge in [0.15, 0.2) is 0 Å². The molecule has 0 fully saturated rings. The molecule has 0 aliphatic carbocycles. The molecule has 29 heavy (non-hydrogen) atoms. The zero-order chi connectivity index (χ0) is 22.7. The quantitative estimate of drug-likeness (QED) is 0.102. The number of amides is 1. The van der Waals surface area contributed by atoms with Gasteiger partial charge in [0.2, 0.25) is 0 Å². The second kappa shape index (κ2) is 12.2. The molecule has 1 atom stereocenters. The second-order valence-electron chi connectivity index (χ2n) is 5.92. The molecule has 0 saturated heterocycles. The van der Waals surface area contributed by atoms with E-state index in [-0.39, 0.29) is 32.7 Å². The molecule has 0 rings (SSSR count).